The molecule has 5 rings (SSSR count). The van der Waals surface area contributed by atoms with Crippen LogP contribution in [0.2, 0.25) is 5.02 Å². The minimum Gasteiger partial charge on any atom is -0.340 e. The highest BCUT2D eigenvalue weighted by Gasteiger charge is 2.28. The number of aromatic nitrogens is 1. The highest BCUT2D eigenvalue weighted by atomic mass is 35.5. The van der Waals surface area contributed by atoms with E-state index in [9.17, 15) is 4.79 Å². The van der Waals surface area contributed by atoms with Crippen molar-refractivity contribution in [3.63, 3.8) is 0 Å². The van der Waals surface area contributed by atoms with E-state index in [1.165, 1.54) is 11.1 Å². The van der Waals surface area contributed by atoms with Gasteiger partial charge in [-0.15, -0.1) is 11.3 Å². The minimum atomic E-state index is 0.142. The molecule has 4 aromatic rings. The summed E-state index contributed by atoms with van der Waals surface area (Å²) in [6, 6.07) is 29.1. The molecule has 4 nitrogen and oxygen atoms in total. The summed E-state index contributed by atoms with van der Waals surface area (Å²) in [7, 11) is 0. The number of thiazole rings is 1. The summed E-state index contributed by atoms with van der Waals surface area (Å²) >= 11 is 7.55. The molecule has 0 aliphatic carbocycles. The number of nitrogens with zero attached hydrogens (tertiary/aromatic N) is 3. The highest BCUT2D eigenvalue weighted by Crippen LogP contribution is 2.30. The van der Waals surface area contributed by atoms with Gasteiger partial charge in [-0.25, -0.2) is 4.98 Å². The van der Waals surface area contributed by atoms with Crippen LogP contribution in [0.4, 0.5) is 0 Å². The summed E-state index contributed by atoms with van der Waals surface area (Å²) in [5, 5.41) is 3.60. The average Bonchev–Trinajstić information content (AvgIpc) is 3.35. The molecule has 6 heteroatoms. The Hall–Kier alpha value is -2.99. The Morgan fingerprint density at radius 3 is 2.03 bits per heavy atom. The van der Waals surface area contributed by atoms with E-state index in [1.54, 1.807) is 11.3 Å². The quantitative estimate of drug-likeness (QED) is 0.337. The SMILES string of the molecule is O=C(Cc1csc(-c2ccc(Cl)cc2)n1)N1CCN(C(c2ccccc2)c2ccccc2)CC1. The van der Waals surface area contributed by atoms with Gasteiger partial charge >= 0.3 is 0 Å². The number of rotatable bonds is 6. The van der Waals surface area contributed by atoms with Crippen LogP contribution in [-0.4, -0.2) is 46.9 Å². The van der Waals surface area contributed by atoms with Crippen LogP contribution in [0.1, 0.15) is 22.9 Å². The zero-order valence-electron chi connectivity index (χ0n) is 18.8. The van der Waals surface area contributed by atoms with Crippen LogP contribution in [0, 0.1) is 0 Å². The number of piperazine rings is 1. The first-order chi connectivity index (χ1) is 16.7. The lowest BCUT2D eigenvalue weighted by Crippen LogP contribution is -2.50. The van der Waals surface area contributed by atoms with E-state index in [0.29, 0.717) is 11.4 Å². The summed E-state index contributed by atoms with van der Waals surface area (Å²) in [6.45, 7) is 3.13. The summed E-state index contributed by atoms with van der Waals surface area (Å²) < 4.78 is 0. The van der Waals surface area contributed by atoms with Crippen molar-refractivity contribution in [2.45, 2.75) is 12.5 Å². The number of carbonyl (C=O) groups is 1. The van der Waals surface area contributed by atoms with Crippen LogP contribution in [-0.2, 0) is 11.2 Å². The third kappa shape index (κ3) is 5.22. The first-order valence-corrected chi connectivity index (χ1v) is 12.8. The van der Waals surface area contributed by atoms with Gasteiger partial charge in [0.1, 0.15) is 5.01 Å². The molecule has 34 heavy (non-hydrogen) atoms. The summed E-state index contributed by atoms with van der Waals surface area (Å²) in [4.78, 5) is 22.2. The van der Waals surface area contributed by atoms with Crippen molar-refractivity contribution in [3.8, 4) is 10.6 Å². The zero-order chi connectivity index (χ0) is 23.3. The summed E-state index contributed by atoms with van der Waals surface area (Å²) in [6.07, 6.45) is 0.338. The monoisotopic (exact) mass is 487 g/mol. The van der Waals surface area contributed by atoms with Gasteiger partial charge in [0.25, 0.3) is 0 Å². The van der Waals surface area contributed by atoms with E-state index >= 15 is 0 Å². The van der Waals surface area contributed by atoms with Gasteiger partial charge in [0.2, 0.25) is 5.91 Å². The second kappa shape index (κ2) is 10.5. The summed E-state index contributed by atoms with van der Waals surface area (Å²) in [5.74, 6) is 0.142. The molecule has 1 fully saturated rings. The first-order valence-electron chi connectivity index (χ1n) is 11.5. The maximum absolute atomic E-state index is 13.0. The predicted molar refractivity (Wildman–Crippen MR) is 139 cm³/mol. The number of carbonyl (C=O) groups excluding carboxylic acids is 1. The first kappa shape index (κ1) is 22.8. The molecule has 0 atom stereocenters. The Kier molecular flexibility index (Phi) is 7.05. The predicted octanol–water partition coefficient (Wildman–Crippen LogP) is 5.94. The zero-order valence-corrected chi connectivity index (χ0v) is 20.4. The van der Waals surface area contributed by atoms with E-state index in [-0.39, 0.29) is 11.9 Å². The van der Waals surface area contributed by atoms with Crippen LogP contribution in [0.3, 0.4) is 0 Å². The van der Waals surface area contributed by atoms with E-state index in [2.05, 4.69) is 70.5 Å². The third-order valence-corrected chi connectivity index (χ3v) is 7.43. The van der Waals surface area contributed by atoms with Gasteiger partial charge in [0.05, 0.1) is 18.2 Å². The Bertz CT molecular complexity index is 1180. The molecule has 1 amide bonds. The fourth-order valence-electron chi connectivity index (χ4n) is 4.49. The number of benzene rings is 3. The van der Waals surface area contributed by atoms with Gasteiger partial charge < -0.3 is 4.90 Å². The lowest BCUT2D eigenvalue weighted by atomic mass is 9.96. The van der Waals surface area contributed by atoms with E-state index in [0.717, 1.165) is 42.4 Å². The topological polar surface area (TPSA) is 36.4 Å². The van der Waals surface area contributed by atoms with Gasteiger partial charge in [-0.05, 0) is 23.3 Å². The Balaban J connectivity index is 1.23. The fourth-order valence-corrected chi connectivity index (χ4v) is 5.45. The molecule has 1 saturated heterocycles. The molecule has 0 radical (unpaired) electrons. The fraction of sp³-hybridized carbons (Fsp3) is 0.214. The molecule has 2 heterocycles. The van der Waals surface area contributed by atoms with Crippen LogP contribution in [0.5, 0.6) is 0 Å². The van der Waals surface area contributed by atoms with E-state index in [1.807, 2.05) is 34.5 Å². The average molecular weight is 488 g/mol. The van der Waals surface area contributed by atoms with Gasteiger partial charge in [-0.1, -0.05) is 84.4 Å². The number of halogens is 1. The smallest absolute Gasteiger partial charge is 0.228 e. The number of hydrogen-bond donors (Lipinski definition) is 0. The second-order valence-electron chi connectivity index (χ2n) is 8.47. The molecule has 0 unspecified atom stereocenters. The molecular formula is C28H26ClN3OS. The molecule has 0 N–H and O–H groups in total. The lowest BCUT2D eigenvalue weighted by molar-refractivity contribution is -0.132. The molecule has 3 aromatic carbocycles. The Morgan fingerprint density at radius 1 is 0.853 bits per heavy atom. The Morgan fingerprint density at radius 2 is 1.44 bits per heavy atom. The number of amides is 1. The standard InChI is InChI=1S/C28H26ClN3OS/c29-24-13-11-23(12-14-24)28-30-25(20-34-28)19-26(33)31-15-17-32(18-16-31)27(21-7-3-1-4-8-21)22-9-5-2-6-10-22/h1-14,20,27H,15-19H2. The maximum Gasteiger partial charge on any atom is 0.228 e. The van der Waals surface area contributed by atoms with Gasteiger partial charge in [0, 0.05) is 42.1 Å². The van der Waals surface area contributed by atoms with Crippen molar-refractivity contribution in [1.82, 2.24) is 14.8 Å². The van der Waals surface area contributed by atoms with Gasteiger partial charge in [-0.3, -0.25) is 9.69 Å². The molecule has 1 aromatic heterocycles. The van der Waals surface area contributed by atoms with Crippen molar-refractivity contribution in [2.24, 2.45) is 0 Å². The highest BCUT2D eigenvalue weighted by molar-refractivity contribution is 7.13. The molecule has 0 bridgehead atoms. The third-order valence-electron chi connectivity index (χ3n) is 6.24. The second-order valence-corrected chi connectivity index (χ2v) is 9.76. The molecule has 172 valence electrons. The minimum absolute atomic E-state index is 0.142. The Labute approximate surface area is 209 Å². The van der Waals surface area contributed by atoms with E-state index in [4.69, 9.17) is 11.6 Å². The number of hydrogen-bond acceptors (Lipinski definition) is 4. The summed E-state index contributed by atoms with van der Waals surface area (Å²) in [5.41, 5.74) is 4.42. The van der Waals surface area contributed by atoms with Crippen LogP contribution >= 0.6 is 22.9 Å². The van der Waals surface area contributed by atoms with Crippen molar-refractivity contribution in [3.05, 3.63) is 112 Å². The molecule has 1 aliphatic rings. The van der Waals surface area contributed by atoms with Crippen LogP contribution < -0.4 is 0 Å². The van der Waals surface area contributed by atoms with Crippen molar-refractivity contribution >= 4 is 28.8 Å². The van der Waals surface area contributed by atoms with Crippen LogP contribution in [0.25, 0.3) is 10.6 Å². The molecule has 0 saturated carbocycles. The molecule has 0 spiro atoms. The van der Waals surface area contributed by atoms with Gasteiger partial charge in [-0.2, -0.15) is 0 Å². The van der Waals surface area contributed by atoms with Gasteiger partial charge in [0.15, 0.2) is 0 Å². The largest absolute Gasteiger partial charge is 0.340 e. The van der Waals surface area contributed by atoms with Crippen molar-refractivity contribution < 1.29 is 4.79 Å². The van der Waals surface area contributed by atoms with E-state index < -0.39 is 0 Å². The van der Waals surface area contributed by atoms with Crippen LogP contribution in [0.15, 0.2) is 90.3 Å². The molecular weight excluding hydrogens is 462 g/mol. The maximum atomic E-state index is 13.0. The van der Waals surface area contributed by atoms with Crippen molar-refractivity contribution in [1.29, 1.82) is 0 Å². The van der Waals surface area contributed by atoms with Crippen molar-refractivity contribution in [2.75, 3.05) is 26.2 Å². The normalized spacial score (nSPS) is 14.5. The lowest BCUT2D eigenvalue weighted by Gasteiger charge is -2.39. The molecule has 1 aliphatic heterocycles.